The third-order valence-electron chi connectivity index (χ3n) is 3.79. The smallest absolute Gasteiger partial charge is 0.210 e. The van der Waals surface area contributed by atoms with Gasteiger partial charge in [-0.05, 0) is 12.1 Å². The zero-order chi connectivity index (χ0) is 17.3. The third-order valence-corrected chi connectivity index (χ3v) is 4.85. The number of thioether (sulfide) groups is 1. The van der Waals surface area contributed by atoms with Crippen LogP contribution in [0, 0.1) is 0 Å². The van der Waals surface area contributed by atoms with Crippen molar-refractivity contribution in [3.8, 4) is 0 Å². The Balaban J connectivity index is 1.73. The number of hydrogen-bond donors (Lipinski definition) is 1. The van der Waals surface area contributed by atoms with Crippen molar-refractivity contribution in [2.24, 2.45) is 0 Å². The molecule has 0 bridgehead atoms. The Hall–Kier alpha value is -2.08. The maximum absolute atomic E-state index is 6.16. The van der Waals surface area contributed by atoms with E-state index in [4.69, 9.17) is 10.8 Å². The highest BCUT2D eigenvalue weighted by molar-refractivity contribution is 7.99. The highest BCUT2D eigenvalue weighted by Crippen LogP contribution is 2.27. The number of nitrogens with zero attached hydrogens (tertiary/aromatic N) is 4. The van der Waals surface area contributed by atoms with Crippen LogP contribution in [0.4, 0.5) is 0 Å². The third kappa shape index (κ3) is 3.53. The Morgan fingerprint density at radius 1 is 1.12 bits per heavy atom. The molecule has 5 nitrogen and oxygen atoms in total. The van der Waals surface area contributed by atoms with E-state index in [9.17, 15) is 0 Å². The van der Waals surface area contributed by atoms with Crippen LogP contribution in [0.3, 0.4) is 0 Å². The van der Waals surface area contributed by atoms with Gasteiger partial charge < -0.3 is 5.84 Å². The molecule has 1 unspecified atom stereocenters. The van der Waals surface area contributed by atoms with E-state index in [2.05, 4.69) is 56.1 Å². The molecule has 0 radical (unpaired) electrons. The van der Waals surface area contributed by atoms with E-state index in [1.807, 2.05) is 18.2 Å². The minimum Gasteiger partial charge on any atom is -0.336 e. The average molecular weight is 341 g/mol. The van der Waals surface area contributed by atoms with Crippen LogP contribution in [-0.4, -0.2) is 25.1 Å². The van der Waals surface area contributed by atoms with Gasteiger partial charge in [0, 0.05) is 28.2 Å². The summed E-state index contributed by atoms with van der Waals surface area (Å²) < 4.78 is 1.61. The molecule has 0 spiro atoms. The normalized spacial score (nSPS) is 13.3. The van der Waals surface area contributed by atoms with Crippen LogP contribution in [0.25, 0.3) is 10.9 Å². The van der Waals surface area contributed by atoms with Crippen molar-refractivity contribution in [2.75, 3.05) is 5.84 Å². The lowest BCUT2D eigenvalue weighted by molar-refractivity contribution is 0.523. The molecule has 3 rings (SSSR count). The quantitative estimate of drug-likeness (QED) is 0.580. The fraction of sp³-hybridized carbons (Fsp3) is 0.389. The van der Waals surface area contributed by atoms with Crippen LogP contribution < -0.4 is 5.84 Å². The van der Waals surface area contributed by atoms with E-state index in [1.165, 1.54) is 0 Å². The Morgan fingerprint density at radius 2 is 1.88 bits per heavy atom. The zero-order valence-electron chi connectivity index (χ0n) is 14.5. The summed E-state index contributed by atoms with van der Waals surface area (Å²) in [6.07, 6.45) is 0.854. The maximum Gasteiger partial charge on any atom is 0.210 e. The first-order valence-electron chi connectivity index (χ1n) is 8.07. The average Bonchev–Trinajstić information content (AvgIpc) is 2.88. The van der Waals surface area contributed by atoms with Gasteiger partial charge in [-0.25, -0.2) is 4.68 Å². The minimum absolute atomic E-state index is 0.121. The molecule has 6 heteroatoms. The molecule has 0 saturated carbocycles. The van der Waals surface area contributed by atoms with E-state index in [1.54, 1.807) is 16.4 Å². The number of fused-ring (bicyclic) bond motifs is 1. The van der Waals surface area contributed by atoms with E-state index in [0.29, 0.717) is 5.25 Å². The van der Waals surface area contributed by atoms with Gasteiger partial charge in [-0.3, -0.25) is 4.98 Å². The van der Waals surface area contributed by atoms with Gasteiger partial charge in [0.05, 0.1) is 5.52 Å². The van der Waals surface area contributed by atoms with Crippen LogP contribution in [-0.2, 0) is 11.8 Å². The number of rotatable bonds is 4. The van der Waals surface area contributed by atoms with Gasteiger partial charge in [-0.2, -0.15) is 0 Å². The summed E-state index contributed by atoms with van der Waals surface area (Å²) in [5, 5.41) is 10.7. The van der Waals surface area contributed by atoms with Gasteiger partial charge >= 0.3 is 0 Å². The first-order valence-corrected chi connectivity index (χ1v) is 8.95. The fourth-order valence-corrected chi connectivity index (χ4v) is 3.51. The SMILES string of the molecule is CC(Cc1ccc2ccccc2n1)Sc1nnc(C(C)(C)C)n1N. The zero-order valence-corrected chi connectivity index (χ0v) is 15.3. The van der Waals surface area contributed by atoms with Crippen molar-refractivity contribution in [1.29, 1.82) is 0 Å². The number of benzene rings is 1. The lowest BCUT2D eigenvalue weighted by atomic mass is 9.96. The molecule has 0 aliphatic carbocycles. The van der Waals surface area contributed by atoms with Crippen LogP contribution >= 0.6 is 11.8 Å². The molecule has 2 heterocycles. The van der Waals surface area contributed by atoms with Crippen molar-refractivity contribution in [1.82, 2.24) is 19.9 Å². The number of nitrogens with two attached hydrogens (primary N) is 1. The number of aromatic nitrogens is 4. The molecule has 0 saturated heterocycles. The number of nitrogen functional groups attached to an aromatic ring is 1. The number of para-hydroxylation sites is 1. The maximum atomic E-state index is 6.16. The fourth-order valence-electron chi connectivity index (χ4n) is 2.61. The minimum atomic E-state index is -0.121. The van der Waals surface area contributed by atoms with Gasteiger partial charge in [0.25, 0.3) is 0 Å². The molecular formula is C18H23N5S. The molecule has 24 heavy (non-hydrogen) atoms. The van der Waals surface area contributed by atoms with Crippen molar-refractivity contribution in [3.63, 3.8) is 0 Å². The second-order valence-corrected chi connectivity index (χ2v) is 8.46. The summed E-state index contributed by atoms with van der Waals surface area (Å²) in [6.45, 7) is 8.40. The second-order valence-electron chi connectivity index (χ2n) is 7.05. The molecule has 2 aromatic heterocycles. The second kappa shape index (κ2) is 6.43. The van der Waals surface area contributed by atoms with Gasteiger partial charge in [0.2, 0.25) is 5.16 Å². The van der Waals surface area contributed by atoms with Crippen molar-refractivity contribution in [2.45, 2.75) is 49.9 Å². The molecule has 0 aliphatic rings. The molecule has 0 fully saturated rings. The van der Waals surface area contributed by atoms with Crippen molar-refractivity contribution < 1.29 is 0 Å². The van der Waals surface area contributed by atoms with E-state index in [0.717, 1.165) is 34.0 Å². The molecule has 0 amide bonds. The van der Waals surface area contributed by atoms with Crippen molar-refractivity contribution >= 4 is 22.7 Å². The Bertz CT molecular complexity index is 850. The number of pyridine rings is 1. The Labute approximate surface area is 146 Å². The predicted molar refractivity (Wildman–Crippen MR) is 99.6 cm³/mol. The van der Waals surface area contributed by atoms with Crippen LogP contribution in [0.2, 0.25) is 0 Å². The molecule has 0 aliphatic heterocycles. The first-order chi connectivity index (χ1) is 11.3. The Morgan fingerprint density at radius 3 is 2.58 bits per heavy atom. The van der Waals surface area contributed by atoms with Gasteiger partial charge in [-0.15, -0.1) is 10.2 Å². The van der Waals surface area contributed by atoms with Crippen LogP contribution in [0.15, 0.2) is 41.6 Å². The molecule has 3 aromatic rings. The van der Waals surface area contributed by atoms with Gasteiger partial charge in [0.1, 0.15) is 0 Å². The summed E-state index contributed by atoms with van der Waals surface area (Å²) in [7, 11) is 0. The van der Waals surface area contributed by atoms with E-state index >= 15 is 0 Å². The van der Waals surface area contributed by atoms with Crippen LogP contribution in [0.1, 0.15) is 39.2 Å². The lowest BCUT2D eigenvalue weighted by Gasteiger charge is -2.17. The first kappa shape index (κ1) is 16.8. The summed E-state index contributed by atoms with van der Waals surface area (Å²) in [5.41, 5.74) is 1.99. The highest BCUT2D eigenvalue weighted by Gasteiger charge is 2.23. The summed E-state index contributed by atoms with van der Waals surface area (Å²) >= 11 is 1.63. The predicted octanol–water partition coefficient (Wildman–Crippen LogP) is 3.56. The monoisotopic (exact) mass is 341 g/mol. The molecule has 126 valence electrons. The Kier molecular flexibility index (Phi) is 4.49. The highest BCUT2D eigenvalue weighted by atomic mass is 32.2. The lowest BCUT2D eigenvalue weighted by Crippen LogP contribution is -2.24. The largest absolute Gasteiger partial charge is 0.336 e. The van der Waals surface area contributed by atoms with E-state index in [-0.39, 0.29) is 5.41 Å². The van der Waals surface area contributed by atoms with Gasteiger partial charge in [0.15, 0.2) is 5.82 Å². The van der Waals surface area contributed by atoms with Crippen LogP contribution in [0.5, 0.6) is 0 Å². The summed E-state index contributed by atoms with van der Waals surface area (Å²) in [5.74, 6) is 6.95. The standard InChI is InChI=1S/C18H23N5S/c1-12(24-17-22-21-16(23(17)19)18(2,3)4)11-14-10-9-13-7-5-6-8-15(13)20-14/h5-10,12H,11,19H2,1-4H3. The molecule has 1 atom stereocenters. The van der Waals surface area contributed by atoms with Crippen molar-refractivity contribution in [3.05, 3.63) is 47.9 Å². The van der Waals surface area contributed by atoms with Gasteiger partial charge in [-0.1, -0.05) is 63.7 Å². The number of hydrogen-bond acceptors (Lipinski definition) is 5. The summed E-state index contributed by atoms with van der Waals surface area (Å²) in [4.78, 5) is 4.74. The topological polar surface area (TPSA) is 69.6 Å². The summed E-state index contributed by atoms with van der Waals surface area (Å²) in [6, 6.07) is 12.4. The molecular weight excluding hydrogens is 318 g/mol. The van der Waals surface area contributed by atoms with E-state index < -0.39 is 0 Å². The molecule has 2 N–H and O–H groups in total. The molecule has 1 aromatic carbocycles.